The van der Waals surface area contributed by atoms with Crippen molar-refractivity contribution >= 4 is 36.3 Å². The Labute approximate surface area is 416 Å². The Kier molecular flexibility index (Phi) is 17.6. The van der Waals surface area contributed by atoms with Crippen molar-refractivity contribution in [3.8, 4) is 16.9 Å². The van der Waals surface area contributed by atoms with E-state index in [9.17, 15) is 29.1 Å². The topological polar surface area (TPSA) is 175 Å². The summed E-state index contributed by atoms with van der Waals surface area (Å²) in [5, 5.41) is 13.9. The van der Waals surface area contributed by atoms with Crippen LogP contribution in [0.15, 0.2) is 66.7 Å². The van der Waals surface area contributed by atoms with Crippen LogP contribution in [0.25, 0.3) is 11.1 Å². The summed E-state index contributed by atoms with van der Waals surface area (Å²) >= 11 is 0. The third kappa shape index (κ3) is 12.0. The van der Waals surface area contributed by atoms with E-state index < -0.39 is 42.5 Å². The van der Waals surface area contributed by atoms with E-state index in [1.807, 2.05) is 19.1 Å². The fourth-order valence-electron chi connectivity index (χ4n) is 11.8. The number of fused-ring (bicyclic) bond motifs is 2. The van der Waals surface area contributed by atoms with E-state index in [0.717, 1.165) is 43.2 Å². The minimum Gasteiger partial charge on any atom is -0.508 e. The lowest BCUT2D eigenvalue weighted by Crippen LogP contribution is -2.65. The molecule has 13 heteroatoms. The van der Waals surface area contributed by atoms with Crippen LogP contribution in [0.1, 0.15) is 152 Å². The minimum atomic E-state index is -1.12. The molecule has 0 spiro atoms. The van der Waals surface area contributed by atoms with E-state index in [0.29, 0.717) is 80.2 Å². The molecule has 3 aromatic rings. The Morgan fingerprint density at radius 1 is 0.943 bits per heavy atom. The molecule has 2 heterocycles. The number of amides is 2. The van der Waals surface area contributed by atoms with Crippen LogP contribution in [-0.2, 0) is 46.1 Å². The van der Waals surface area contributed by atoms with Crippen LogP contribution in [0.3, 0.4) is 0 Å². The molecule has 70 heavy (non-hydrogen) atoms. The molecule has 3 aromatic carbocycles. The lowest BCUT2D eigenvalue weighted by molar-refractivity contribution is -0.199. The van der Waals surface area contributed by atoms with E-state index in [1.54, 1.807) is 44.3 Å². The number of hydrogen-bond donors (Lipinski definition) is 3. The van der Waals surface area contributed by atoms with Gasteiger partial charge in [0, 0.05) is 50.3 Å². The predicted molar refractivity (Wildman–Crippen MR) is 273 cm³/mol. The van der Waals surface area contributed by atoms with Gasteiger partial charge in [-0.1, -0.05) is 102 Å². The van der Waals surface area contributed by atoms with E-state index in [2.05, 4.69) is 57.3 Å². The average molecular weight is 960 g/mol. The molecule has 0 radical (unpaired) electrons. The Hall–Kier alpha value is -4.69. The van der Waals surface area contributed by atoms with Gasteiger partial charge in [0.1, 0.15) is 17.8 Å². The quantitative estimate of drug-likeness (QED) is 0.0672. The number of Topliss-reactive ketones (excluding diaryl/α,β-unsaturated/α-hetero) is 3. The van der Waals surface area contributed by atoms with E-state index in [4.69, 9.17) is 19.8 Å². The molecule has 1 saturated heterocycles. The molecule has 3 saturated carbocycles. The molecular formula is C57H78BN3O9. The van der Waals surface area contributed by atoms with Crippen LogP contribution in [0.4, 0.5) is 0 Å². The molecule has 5 aliphatic rings. The summed E-state index contributed by atoms with van der Waals surface area (Å²) in [4.78, 5) is 73.0. The van der Waals surface area contributed by atoms with Crippen molar-refractivity contribution in [1.82, 2.24) is 10.2 Å². The monoisotopic (exact) mass is 960 g/mol. The van der Waals surface area contributed by atoms with Gasteiger partial charge >= 0.3 is 7.12 Å². The maximum atomic E-state index is 14.8. The number of rotatable bonds is 17. The summed E-state index contributed by atoms with van der Waals surface area (Å²) < 4.78 is 19.2. The Morgan fingerprint density at radius 2 is 1.66 bits per heavy atom. The highest BCUT2D eigenvalue weighted by molar-refractivity contribution is 6.47. The van der Waals surface area contributed by atoms with Gasteiger partial charge in [0.15, 0.2) is 17.3 Å². The number of ketones is 3. The fourth-order valence-corrected chi connectivity index (χ4v) is 11.8. The number of nitrogens with one attached hydrogen (secondary N) is 1. The molecule has 4 N–H and O–H groups in total. The molecule has 0 unspecified atom stereocenters. The number of nitrogens with zero attached hydrogens (tertiary/aromatic N) is 1. The summed E-state index contributed by atoms with van der Waals surface area (Å²) in [6.45, 7) is 13.3. The largest absolute Gasteiger partial charge is 0.508 e. The maximum Gasteiger partial charge on any atom is 0.461 e. The van der Waals surface area contributed by atoms with Crippen molar-refractivity contribution in [3.63, 3.8) is 0 Å². The van der Waals surface area contributed by atoms with Crippen molar-refractivity contribution in [2.75, 3.05) is 26.8 Å². The smallest absolute Gasteiger partial charge is 0.461 e. The average Bonchev–Trinajstić information content (AvgIpc) is 3.71. The van der Waals surface area contributed by atoms with Gasteiger partial charge in [0.25, 0.3) is 0 Å². The van der Waals surface area contributed by atoms with Crippen molar-refractivity contribution in [3.05, 3.63) is 89.0 Å². The number of likely N-dealkylation sites (N-methyl/N-ethyl adjacent to an activating group) is 1. The summed E-state index contributed by atoms with van der Waals surface area (Å²) in [6, 6.07) is 18.8. The number of aryl methyl sites for hydroxylation is 2. The highest BCUT2D eigenvalue weighted by Crippen LogP contribution is 2.66. The first-order chi connectivity index (χ1) is 33.4. The normalized spacial score (nSPS) is 26.6. The molecule has 8 rings (SSSR count). The molecule has 12 nitrogen and oxygen atoms in total. The zero-order valence-electron chi connectivity index (χ0n) is 42.8. The number of hydrogen-bond acceptors (Lipinski definition) is 10. The molecule has 4 bridgehead atoms. The number of aromatic hydroxyl groups is 1. The third-order valence-corrected chi connectivity index (χ3v) is 16.4. The van der Waals surface area contributed by atoms with Crippen molar-refractivity contribution in [1.29, 1.82) is 0 Å². The second-order valence-electron chi connectivity index (χ2n) is 21.9. The number of benzene rings is 3. The number of carbonyl (C=O) groups excluding carboxylic acids is 5. The first kappa shape index (κ1) is 53.1. The van der Waals surface area contributed by atoms with Gasteiger partial charge in [-0.3, -0.25) is 24.0 Å². The van der Waals surface area contributed by atoms with Gasteiger partial charge in [-0.2, -0.15) is 0 Å². The minimum absolute atomic E-state index is 0.0189. The van der Waals surface area contributed by atoms with Crippen molar-refractivity contribution < 1.29 is 43.1 Å². The first-order valence-electron chi connectivity index (χ1n) is 26.2. The standard InChI is InChI=1S/C57H78BN3O9/c1-8-9-14-38-17-19-39(20-18-38)40-21-23-41(24-22-40)48(63)32-44(16-10-12-27-59)55(67)61(7)53-43-25-26-47(62)42(31-43)15-11-13-28-68-35-46(60-54(66)36(2)29-50(53)65)49(64)30-37(3)58-69-52-34-45-33-51(56(45,4)5)57(52,6)70-58/h17-26,31,36-37,44-46,51-53,62H,8-16,27-30,32-35,59H2,1-7H3,(H,60,66)/t36-,37-,44-,45+,46+,51+,52-,53+,57+/m1/s1. The van der Waals surface area contributed by atoms with Crippen LogP contribution in [0, 0.1) is 29.1 Å². The van der Waals surface area contributed by atoms with Crippen molar-refractivity contribution in [2.24, 2.45) is 34.8 Å². The predicted octanol–water partition coefficient (Wildman–Crippen LogP) is 9.43. The maximum absolute atomic E-state index is 14.8. The highest BCUT2D eigenvalue weighted by atomic mass is 16.7. The molecule has 9 atom stereocenters. The van der Waals surface area contributed by atoms with Crippen LogP contribution in [0.5, 0.6) is 5.75 Å². The number of unbranched alkanes of at least 4 members (excludes halogenated alkanes) is 2. The van der Waals surface area contributed by atoms with Gasteiger partial charge in [0.05, 0.1) is 18.3 Å². The second-order valence-corrected chi connectivity index (χ2v) is 21.9. The van der Waals surface area contributed by atoms with Crippen molar-refractivity contribution in [2.45, 2.75) is 161 Å². The van der Waals surface area contributed by atoms with Crippen LogP contribution in [-0.4, -0.2) is 90.8 Å². The molecule has 378 valence electrons. The van der Waals surface area contributed by atoms with E-state index in [-0.39, 0.29) is 72.2 Å². The van der Waals surface area contributed by atoms with Gasteiger partial charge in [0.2, 0.25) is 11.8 Å². The summed E-state index contributed by atoms with van der Waals surface area (Å²) in [5.41, 5.74) is 10.6. The molecular weight excluding hydrogens is 881 g/mol. The molecule has 2 amide bonds. The SMILES string of the molecule is CCCCc1ccc(-c2ccc(C(=O)C[C@@H](CCCCN)C(=O)N(C)[C@@H]3C(=O)C[C@@H](C)C(=O)N[C@H](C(=O)C[C@@H](C)B4O[C@@H]5C[C@@H]6C[C@@H](C6(C)C)[C@]5(C)O4)COCCCCc4cc3ccc4O)cc2)cc1. The number of phenolic OH excluding ortho intramolecular Hbond substituents is 1. The van der Waals surface area contributed by atoms with Crippen LogP contribution < -0.4 is 11.1 Å². The molecule has 2 aliphatic heterocycles. The van der Waals surface area contributed by atoms with Gasteiger partial charge < -0.3 is 35.1 Å². The lowest BCUT2D eigenvalue weighted by atomic mass is 9.43. The van der Waals surface area contributed by atoms with Gasteiger partial charge in [-0.15, -0.1) is 0 Å². The van der Waals surface area contributed by atoms with E-state index in [1.165, 1.54) is 10.5 Å². The Morgan fingerprint density at radius 3 is 2.34 bits per heavy atom. The molecule has 4 fully saturated rings. The summed E-state index contributed by atoms with van der Waals surface area (Å²) in [6.07, 6.45) is 8.56. The van der Waals surface area contributed by atoms with Crippen LogP contribution in [0.2, 0.25) is 5.82 Å². The lowest BCUT2D eigenvalue weighted by Gasteiger charge is -2.64. The summed E-state index contributed by atoms with van der Waals surface area (Å²) in [5.74, 6) is -2.47. The Balaban J connectivity index is 1.06. The summed E-state index contributed by atoms with van der Waals surface area (Å²) in [7, 11) is 1.03. The first-order valence-corrected chi connectivity index (χ1v) is 26.2. The zero-order valence-corrected chi connectivity index (χ0v) is 42.8. The molecule has 3 aliphatic carbocycles. The number of ether oxygens (including phenoxy) is 1. The van der Waals surface area contributed by atoms with Gasteiger partial charge in [-0.25, -0.2) is 0 Å². The number of nitrogens with two attached hydrogens (primary N) is 1. The number of phenols is 1. The highest BCUT2D eigenvalue weighted by Gasteiger charge is 2.68. The van der Waals surface area contributed by atoms with Gasteiger partial charge in [-0.05, 0) is 134 Å². The second kappa shape index (κ2) is 23.2. The van der Waals surface area contributed by atoms with Crippen LogP contribution >= 0.6 is 0 Å². The Bertz CT molecular complexity index is 2320. The number of carbonyl (C=O) groups is 5. The molecule has 0 aromatic heterocycles. The fraction of sp³-hybridized carbons (Fsp3) is 0.596. The zero-order chi connectivity index (χ0) is 50.3. The third-order valence-electron chi connectivity index (χ3n) is 16.4. The van der Waals surface area contributed by atoms with E-state index >= 15 is 0 Å².